The van der Waals surface area contributed by atoms with Gasteiger partial charge in [-0.25, -0.2) is 9.34 Å². The molecule has 0 radical (unpaired) electrons. The fourth-order valence-corrected chi connectivity index (χ4v) is 3.55. The van der Waals surface area contributed by atoms with E-state index in [0.717, 1.165) is 26.2 Å². The van der Waals surface area contributed by atoms with Crippen molar-refractivity contribution in [1.82, 2.24) is 9.34 Å². The zero-order valence-corrected chi connectivity index (χ0v) is 8.46. The van der Waals surface area contributed by atoms with Gasteiger partial charge >= 0.3 is 7.67 Å². The fourth-order valence-electron chi connectivity index (χ4n) is 1.18. The Balaban J connectivity index is 2.04. The van der Waals surface area contributed by atoms with Crippen LogP contribution in [-0.2, 0) is 9.09 Å². The second-order valence-corrected chi connectivity index (χ2v) is 5.88. The molecule has 70 valence electrons. The van der Waals surface area contributed by atoms with Crippen LogP contribution in [0.25, 0.3) is 0 Å². The number of hydrogen-bond acceptors (Lipinski definition) is 2. The molecule has 0 aliphatic carbocycles. The van der Waals surface area contributed by atoms with E-state index < -0.39 is 7.67 Å². The van der Waals surface area contributed by atoms with Crippen molar-refractivity contribution in [2.75, 3.05) is 26.2 Å². The molecule has 0 saturated carbocycles. The predicted octanol–water partition coefficient (Wildman–Crippen LogP) is 1.15. The maximum Gasteiger partial charge on any atom is 0.346 e. The average molecular weight is 190 g/mol. The highest BCUT2D eigenvalue weighted by atomic mass is 31.2. The lowest BCUT2D eigenvalue weighted by Crippen LogP contribution is -2.12. The van der Waals surface area contributed by atoms with E-state index in [-0.39, 0.29) is 6.10 Å². The van der Waals surface area contributed by atoms with Gasteiger partial charge in [0, 0.05) is 26.2 Å². The molecule has 2 rings (SSSR count). The highest BCUT2D eigenvalue weighted by Gasteiger charge is 2.49. The lowest BCUT2D eigenvalue weighted by atomic mass is 10.5. The third-order valence-electron chi connectivity index (χ3n) is 1.91. The molecule has 12 heavy (non-hydrogen) atoms. The first kappa shape index (κ1) is 8.70. The summed E-state index contributed by atoms with van der Waals surface area (Å²) in [6.45, 7) is 7.58. The van der Waals surface area contributed by atoms with Crippen molar-refractivity contribution < 1.29 is 9.09 Å². The van der Waals surface area contributed by atoms with Crippen LogP contribution in [0.5, 0.6) is 0 Å². The van der Waals surface area contributed by atoms with Crippen LogP contribution in [0.3, 0.4) is 0 Å². The first-order valence-electron chi connectivity index (χ1n) is 4.42. The summed E-state index contributed by atoms with van der Waals surface area (Å²) in [5, 5.41) is 0. The summed E-state index contributed by atoms with van der Waals surface area (Å²) in [5.74, 6) is 0. The molecule has 2 aliphatic rings. The molecule has 0 atom stereocenters. The molecular formula is C7H15N2O2P. The Bertz CT molecular complexity index is 207. The monoisotopic (exact) mass is 190 g/mol. The van der Waals surface area contributed by atoms with Gasteiger partial charge in [-0.05, 0) is 13.8 Å². The summed E-state index contributed by atoms with van der Waals surface area (Å²) in [4.78, 5) is 0. The van der Waals surface area contributed by atoms with Crippen LogP contribution in [0.15, 0.2) is 0 Å². The van der Waals surface area contributed by atoms with Crippen molar-refractivity contribution in [3.8, 4) is 0 Å². The summed E-state index contributed by atoms with van der Waals surface area (Å²) in [6, 6.07) is 0. The quantitative estimate of drug-likeness (QED) is 0.491. The van der Waals surface area contributed by atoms with Crippen LogP contribution < -0.4 is 0 Å². The molecule has 2 aliphatic heterocycles. The van der Waals surface area contributed by atoms with Gasteiger partial charge in [-0.3, -0.25) is 4.57 Å². The summed E-state index contributed by atoms with van der Waals surface area (Å²) in [6.07, 6.45) is 0.0528. The van der Waals surface area contributed by atoms with Gasteiger partial charge in [0.2, 0.25) is 0 Å². The van der Waals surface area contributed by atoms with E-state index in [9.17, 15) is 4.57 Å². The molecule has 2 heterocycles. The zero-order chi connectivity index (χ0) is 8.77. The molecule has 2 saturated heterocycles. The van der Waals surface area contributed by atoms with E-state index in [2.05, 4.69) is 0 Å². The Labute approximate surface area is 73.0 Å². The highest BCUT2D eigenvalue weighted by Crippen LogP contribution is 2.61. The molecule has 0 bridgehead atoms. The third kappa shape index (κ3) is 1.57. The molecule has 0 aromatic heterocycles. The number of rotatable bonds is 4. The first-order valence-corrected chi connectivity index (χ1v) is 5.95. The van der Waals surface area contributed by atoms with Crippen molar-refractivity contribution in [3.05, 3.63) is 0 Å². The Morgan fingerprint density at radius 1 is 1.17 bits per heavy atom. The number of nitrogens with zero attached hydrogens (tertiary/aromatic N) is 2. The Kier molecular flexibility index (Phi) is 2.04. The first-order chi connectivity index (χ1) is 5.63. The highest BCUT2D eigenvalue weighted by molar-refractivity contribution is 7.54. The van der Waals surface area contributed by atoms with Crippen LogP contribution in [0, 0.1) is 0 Å². The smallest absolute Gasteiger partial charge is 0.303 e. The summed E-state index contributed by atoms with van der Waals surface area (Å²) in [5.41, 5.74) is 0. The number of hydrogen-bond donors (Lipinski definition) is 0. The predicted molar refractivity (Wildman–Crippen MR) is 47.0 cm³/mol. The second kappa shape index (κ2) is 2.81. The van der Waals surface area contributed by atoms with E-state index in [0.29, 0.717) is 0 Å². The lowest BCUT2D eigenvalue weighted by Gasteiger charge is -2.21. The van der Waals surface area contributed by atoms with Crippen molar-refractivity contribution >= 4 is 7.67 Å². The zero-order valence-electron chi connectivity index (χ0n) is 7.56. The van der Waals surface area contributed by atoms with Gasteiger partial charge < -0.3 is 4.52 Å². The van der Waals surface area contributed by atoms with Gasteiger partial charge in [0.1, 0.15) is 0 Å². The van der Waals surface area contributed by atoms with Crippen LogP contribution in [-0.4, -0.2) is 41.6 Å². The second-order valence-electron chi connectivity index (χ2n) is 3.55. The van der Waals surface area contributed by atoms with E-state index in [1.165, 1.54) is 0 Å². The normalized spacial score (nSPS) is 24.9. The van der Waals surface area contributed by atoms with Crippen molar-refractivity contribution in [2.24, 2.45) is 0 Å². The summed E-state index contributed by atoms with van der Waals surface area (Å²) < 4.78 is 21.5. The summed E-state index contributed by atoms with van der Waals surface area (Å²) >= 11 is 0. The molecule has 2 fully saturated rings. The SMILES string of the molecule is CC(C)OP(=O)(N1CC1)N1CC1. The molecule has 5 heteroatoms. The van der Waals surface area contributed by atoms with Crippen LogP contribution in [0.4, 0.5) is 0 Å². The van der Waals surface area contributed by atoms with Crippen molar-refractivity contribution in [1.29, 1.82) is 0 Å². The third-order valence-corrected chi connectivity index (χ3v) is 4.84. The molecule has 0 aromatic rings. The molecule has 0 aromatic carbocycles. The van der Waals surface area contributed by atoms with E-state index >= 15 is 0 Å². The Hall–Kier alpha value is 0.110. The van der Waals surface area contributed by atoms with Gasteiger partial charge in [0.15, 0.2) is 0 Å². The van der Waals surface area contributed by atoms with Gasteiger partial charge in [-0.2, -0.15) is 0 Å². The topological polar surface area (TPSA) is 32.3 Å². The Morgan fingerprint density at radius 2 is 1.58 bits per heavy atom. The van der Waals surface area contributed by atoms with Gasteiger partial charge in [-0.15, -0.1) is 0 Å². The van der Waals surface area contributed by atoms with Gasteiger partial charge in [0.05, 0.1) is 6.10 Å². The van der Waals surface area contributed by atoms with Crippen molar-refractivity contribution in [2.45, 2.75) is 20.0 Å². The van der Waals surface area contributed by atoms with Crippen LogP contribution in [0.2, 0.25) is 0 Å². The largest absolute Gasteiger partial charge is 0.346 e. The van der Waals surface area contributed by atoms with Gasteiger partial charge in [-0.1, -0.05) is 0 Å². The van der Waals surface area contributed by atoms with Gasteiger partial charge in [0.25, 0.3) is 0 Å². The minimum atomic E-state index is -2.53. The maximum absolute atomic E-state index is 12.2. The minimum Gasteiger partial charge on any atom is -0.303 e. The fraction of sp³-hybridized carbons (Fsp3) is 1.00. The van der Waals surface area contributed by atoms with Crippen LogP contribution >= 0.6 is 7.67 Å². The van der Waals surface area contributed by atoms with E-state index in [1.54, 1.807) is 0 Å². The maximum atomic E-state index is 12.2. The average Bonchev–Trinajstić information content (AvgIpc) is 2.82. The molecule has 0 N–H and O–H groups in total. The summed E-state index contributed by atoms with van der Waals surface area (Å²) in [7, 11) is -2.53. The van der Waals surface area contributed by atoms with E-state index in [1.807, 2.05) is 23.2 Å². The molecule has 0 unspecified atom stereocenters. The van der Waals surface area contributed by atoms with Crippen LogP contribution in [0.1, 0.15) is 13.8 Å². The standard InChI is InChI=1S/C7H15N2O2P/c1-7(2)11-12(10,8-3-4-8)9-5-6-9/h7H,3-6H2,1-2H3. The molecule has 4 nitrogen and oxygen atoms in total. The molecular weight excluding hydrogens is 175 g/mol. The Morgan fingerprint density at radius 3 is 1.83 bits per heavy atom. The molecule has 0 amide bonds. The van der Waals surface area contributed by atoms with Crippen molar-refractivity contribution in [3.63, 3.8) is 0 Å². The lowest BCUT2D eigenvalue weighted by molar-refractivity contribution is 0.214. The minimum absolute atomic E-state index is 0.0528. The van der Waals surface area contributed by atoms with E-state index in [4.69, 9.17) is 4.52 Å². The molecule has 0 spiro atoms.